The monoisotopic (exact) mass is 100 g/mol. The molecule has 0 heterocycles. The van der Waals surface area contributed by atoms with Gasteiger partial charge in [0, 0.05) is 0 Å². The molecule has 4 rings (SSSR count). The number of allylic oxidation sites excluding steroid dienone is 8. The van der Waals surface area contributed by atoms with Gasteiger partial charge in [-0.2, -0.15) is 0 Å². The van der Waals surface area contributed by atoms with Crippen molar-refractivity contribution in [1.29, 1.82) is 0 Å². The third kappa shape index (κ3) is 0.148. The molecule has 0 saturated heterocycles. The fourth-order valence-electron chi connectivity index (χ4n) is 1.50. The van der Waals surface area contributed by atoms with Gasteiger partial charge in [0.05, 0.1) is 0 Å². The largest absolute Gasteiger partial charge is 0.0465 e. The van der Waals surface area contributed by atoms with Crippen LogP contribution in [0.15, 0.2) is 46.6 Å². The van der Waals surface area contributed by atoms with E-state index in [1.165, 1.54) is 22.3 Å². The second kappa shape index (κ2) is 0.655. The van der Waals surface area contributed by atoms with Gasteiger partial charge in [-0.15, -0.1) is 0 Å². The third-order valence-corrected chi connectivity index (χ3v) is 1.91. The minimum absolute atomic E-state index is 1.43. The van der Waals surface area contributed by atoms with E-state index in [0.717, 1.165) is 0 Å². The summed E-state index contributed by atoms with van der Waals surface area (Å²) in [5.41, 5.74) is 5.70. The predicted octanol–water partition coefficient (Wildman–Crippen LogP) is 1.73. The molecule has 0 fully saturated rings. The van der Waals surface area contributed by atoms with Crippen molar-refractivity contribution < 1.29 is 0 Å². The molecular formula is C8H4. The Labute approximate surface area is 47.5 Å². The van der Waals surface area contributed by atoms with Crippen LogP contribution in [-0.4, -0.2) is 0 Å². The molecule has 0 saturated carbocycles. The zero-order valence-corrected chi connectivity index (χ0v) is 4.31. The maximum Gasteiger partial charge on any atom is -0.0171 e. The Bertz CT molecular complexity index is 221. The van der Waals surface area contributed by atoms with Gasteiger partial charge in [0.1, 0.15) is 0 Å². The van der Waals surface area contributed by atoms with Crippen LogP contribution in [0, 0.1) is 0 Å². The van der Waals surface area contributed by atoms with E-state index in [9.17, 15) is 0 Å². The normalized spacial score (nSPS) is 26.0. The molecule has 0 amide bonds. The molecule has 8 heavy (non-hydrogen) atoms. The van der Waals surface area contributed by atoms with Gasteiger partial charge in [-0.05, 0) is 46.6 Å². The molecule has 0 unspecified atom stereocenters. The Morgan fingerprint density at radius 2 is 0.750 bits per heavy atom. The molecule has 0 heteroatoms. The molecule has 0 spiro atoms. The van der Waals surface area contributed by atoms with Crippen LogP contribution in [0.25, 0.3) is 0 Å². The van der Waals surface area contributed by atoms with Crippen molar-refractivity contribution in [2.75, 3.05) is 0 Å². The Morgan fingerprint density at radius 1 is 0.500 bits per heavy atom. The van der Waals surface area contributed by atoms with Crippen molar-refractivity contribution in [3.63, 3.8) is 0 Å². The Hall–Kier alpha value is -1.04. The fourth-order valence-corrected chi connectivity index (χ4v) is 1.50. The van der Waals surface area contributed by atoms with E-state index in [0.29, 0.717) is 0 Å². The summed E-state index contributed by atoms with van der Waals surface area (Å²) in [6.07, 6.45) is 8.96. The molecule has 0 radical (unpaired) electrons. The highest BCUT2D eigenvalue weighted by Gasteiger charge is 2.26. The van der Waals surface area contributed by atoms with Gasteiger partial charge in [-0.25, -0.2) is 0 Å². The molecule has 0 aromatic rings. The van der Waals surface area contributed by atoms with Crippen LogP contribution in [-0.2, 0) is 0 Å². The van der Waals surface area contributed by atoms with Crippen molar-refractivity contribution in [2.45, 2.75) is 0 Å². The standard InChI is InChI=1S/C8H4/c1-5-2-7-4-8(5)3-6(1)7/h1-4H. The van der Waals surface area contributed by atoms with E-state index in [2.05, 4.69) is 24.3 Å². The van der Waals surface area contributed by atoms with Crippen LogP contribution >= 0.6 is 0 Å². The van der Waals surface area contributed by atoms with Crippen molar-refractivity contribution in [1.82, 2.24) is 0 Å². The summed E-state index contributed by atoms with van der Waals surface area (Å²) in [4.78, 5) is 0. The zero-order chi connectivity index (χ0) is 5.14. The highest BCUT2D eigenvalue weighted by atomic mass is 14.3. The minimum atomic E-state index is 1.43. The SMILES string of the molecule is C1=C2C=C3C=C2C=C13. The molecule has 0 N–H and O–H groups in total. The Balaban J connectivity index is 2.66. The number of hydrogen-bond donors (Lipinski definition) is 0. The van der Waals surface area contributed by atoms with Gasteiger partial charge < -0.3 is 0 Å². The quantitative estimate of drug-likeness (QED) is 0.435. The maximum atomic E-state index is 2.24. The van der Waals surface area contributed by atoms with Crippen LogP contribution in [0.1, 0.15) is 0 Å². The summed E-state index contributed by atoms with van der Waals surface area (Å²) < 4.78 is 0. The minimum Gasteiger partial charge on any atom is -0.0465 e. The molecule has 4 aliphatic carbocycles. The highest BCUT2D eigenvalue weighted by molar-refractivity contribution is 5.80. The van der Waals surface area contributed by atoms with Crippen LogP contribution in [0.5, 0.6) is 0 Å². The Morgan fingerprint density at radius 3 is 0.875 bits per heavy atom. The second-order valence-corrected chi connectivity index (χ2v) is 2.40. The van der Waals surface area contributed by atoms with Crippen molar-refractivity contribution >= 4 is 0 Å². The molecule has 0 aliphatic heterocycles. The van der Waals surface area contributed by atoms with E-state index in [-0.39, 0.29) is 0 Å². The Kier molecular flexibility index (Phi) is 0.252. The van der Waals surface area contributed by atoms with E-state index >= 15 is 0 Å². The molecule has 4 bridgehead atoms. The van der Waals surface area contributed by atoms with E-state index < -0.39 is 0 Å². The summed E-state index contributed by atoms with van der Waals surface area (Å²) in [6, 6.07) is 0. The van der Waals surface area contributed by atoms with Gasteiger partial charge in [0.15, 0.2) is 0 Å². The first kappa shape index (κ1) is 3.08. The first-order valence-electron chi connectivity index (χ1n) is 2.81. The van der Waals surface area contributed by atoms with Crippen LogP contribution < -0.4 is 0 Å². The molecule has 4 aliphatic rings. The van der Waals surface area contributed by atoms with Gasteiger partial charge >= 0.3 is 0 Å². The highest BCUT2D eigenvalue weighted by Crippen LogP contribution is 2.44. The maximum absolute atomic E-state index is 2.24. The lowest BCUT2D eigenvalue weighted by Gasteiger charge is -1.85. The number of hydrogen-bond acceptors (Lipinski definition) is 0. The number of rotatable bonds is 0. The first-order chi connectivity index (χ1) is 3.93. The van der Waals surface area contributed by atoms with Gasteiger partial charge in [-0.3, -0.25) is 0 Å². The smallest absolute Gasteiger partial charge is 0.0171 e. The first-order valence-corrected chi connectivity index (χ1v) is 2.81. The molecule has 0 atom stereocenters. The lowest BCUT2D eigenvalue weighted by atomic mass is 10.2. The third-order valence-electron chi connectivity index (χ3n) is 1.91. The lowest BCUT2D eigenvalue weighted by molar-refractivity contribution is 1.69. The topological polar surface area (TPSA) is 0 Å². The van der Waals surface area contributed by atoms with E-state index in [1.807, 2.05) is 0 Å². The summed E-state index contributed by atoms with van der Waals surface area (Å²) in [5.74, 6) is 0. The van der Waals surface area contributed by atoms with Gasteiger partial charge in [0.2, 0.25) is 0 Å². The van der Waals surface area contributed by atoms with Crippen LogP contribution in [0.3, 0.4) is 0 Å². The van der Waals surface area contributed by atoms with Crippen LogP contribution in [0.2, 0.25) is 0 Å². The van der Waals surface area contributed by atoms with Gasteiger partial charge in [0.25, 0.3) is 0 Å². The van der Waals surface area contributed by atoms with Crippen LogP contribution in [0.4, 0.5) is 0 Å². The molecule has 0 nitrogen and oxygen atoms in total. The van der Waals surface area contributed by atoms with Crippen molar-refractivity contribution in [3.05, 3.63) is 46.6 Å². The molecule has 36 valence electrons. The average Bonchev–Trinajstić information content (AvgIpc) is 2.21. The van der Waals surface area contributed by atoms with Gasteiger partial charge in [-0.1, -0.05) is 0 Å². The lowest BCUT2D eigenvalue weighted by Crippen LogP contribution is -1.67. The van der Waals surface area contributed by atoms with E-state index in [1.54, 1.807) is 0 Å². The zero-order valence-electron chi connectivity index (χ0n) is 4.31. The fraction of sp³-hybridized carbons (Fsp3) is 0. The predicted molar refractivity (Wildman–Crippen MR) is 32.3 cm³/mol. The molecule has 0 aromatic carbocycles. The molecule has 0 aromatic heterocycles. The average molecular weight is 100 g/mol. The summed E-state index contributed by atoms with van der Waals surface area (Å²) >= 11 is 0. The van der Waals surface area contributed by atoms with Crippen molar-refractivity contribution in [2.24, 2.45) is 0 Å². The second-order valence-electron chi connectivity index (χ2n) is 2.40. The summed E-state index contributed by atoms with van der Waals surface area (Å²) in [7, 11) is 0. The van der Waals surface area contributed by atoms with E-state index in [4.69, 9.17) is 0 Å². The summed E-state index contributed by atoms with van der Waals surface area (Å²) in [5, 5.41) is 0. The molecular weight excluding hydrogens is 96.1 g/mol. The van der Waals surface area contributed by atoms with Crippen molar-refractivity contribution in [3.8, 4) is 0 Å². The summed E-state index contributed by atoms with van der Waals surface area (Å²) in [6.45, 7) is 0.